The van der Waals surface area contributed by atoms with Crippen molar-refractivity contribution in [3.8, 4) is 0 Å². The number of esters is 2. The summed E-state index contributed by atoms with van der Waals surface area (Å²) in [6, 6.07) is 0. The van der Waals surface area contributed by atoms with Crippen LogP contribution in [0.15, 0.2) is 17.4 Å². The Labute approximate surface area is 168 Å². The number of carbonyl (C=O) groups is 2. The first-order valence-corrected chi connectivity index (χ1v) is 9.45. The van der Waals surface area contributed by atoms with E-state index in [1.54, 1.807) is 0 Å². The molecular weight excluding hydrogens is 352 g/mol. The summed E-state index contributed by atoms with van der Waals surface area (Å²) < 4.78 is 10.3. The van der Waals surface area contributed by atoms with E-state index in [1.165, 1.54) is 18.9 Å². The summed E-state index contributed by atoms with van der Waals surface area (Å²) in [5, 5.41) is 0. The molecule has 25 heavy (non-hydrogen) atoms. The van der Waals surface area contributed by atoms with Gasteiger partial charge in [0.15, 0.2) is 0 Å². The molecule has 0 amide bonds. The van der Waals surface area contributed by atoms with Gasteiger partial charge in [0.25, 0.3) is 0 Å². The molecule has 4 nitrogen and oxygen atoms in total. The number of carbonyl (C=O) groups excluding carboxylic acids is 2. The zero-order valence-corrected chi connectivity index (χ0v) is 17.8. The first-order valence-electron chi connectivity index (χ1n) is 9.45. The summed E-state index contributed by atoms with van der Waals surface area (Å²) >= 11 is 0. The van der Waals surface area contributed by atoms with Crippen LogP contribution in [-0.2, 0) is 40.8 Å². The van der Waals surface area contributed by atoms with E-state index in [4.69, 9.17) is 9.47 Å². The standard InChI is InChI=1S/C20H34O4.Ti/c1-4-7-10-11-12-13-18(20(22)24-17-9-6-3)14-15-19(21)23-16-8-5-2;/h15H,4-13,16-17H2,1-3H3;. The van der Waals surface area contributed by atoms with Crippen LogP contribution in [0.1, 0.15) is 85.0 Å². The normalized spacial score (nSPS) is 9.56. The maximum atomic E-state index is 12.1. The molecule has 0 spiro atoms. The van der Waals surface area contributed by atoms with Crippen molar-refractivity contribution < 1.29 is 40.8 Å². The monoisotopic (exact) mass is 386 g/mol. The first-order chi connectivity index (χ1) is 11.7. The predicted octanol–water partition coefficient (Wildman–Crippen LogP) is 5.11. The summed E-state index contributed by atoms with van der Waals surface area (Å²) in [6.45, 7) is 7.07. The molecule has 0 bridgehead atoms. The molecule has 0 heterocycles. The van der Waals surface area contributed by atoms with Gasteiger partial charge in [-0.05, 0) is 25.7 Å². The molecule has 0 fully saturated rings. The molecule has 0 aromatic rings. The molecular formula is C20H34O4Ti. The molecule has 0 aliphatic carbocycles. The SMILES string of the molecule is CCCCCCCC(=C=CC(=O)OCCCC)C(=O)OCCCC.[Ti]. The molecule has 142 valence electrons. The fraction of sp³-hybridized carbons (Fsp3) is 0.750. The van der Waals surface area contributed by atoms with Gasteiger partial charge < -0.3 is 9.47 Å². The van der Waals surface area contributed by atoms with E-state index in [1.807, 2.05) is 13.8 Å². The van der Waals surface area contributed by atoms with E-state index in [9.17, 15) is 9.59 Å². The van der Waals surface area contributed by atoms with Crippen LogP contribution in [0.3, 0.4) is 0 Å². The third-order valence-electron chi connectivity index (χ3n) is 3.61. The summed E-state index contributed by atoms with van der Waals surface area (Å²) in [5.41, 5.74) is 3.25. The number of rotatable bonds is 14. The van der Waals surface area contributed by atoms with Crippen molar-refractivity contribution in [3.63, 3.8) is 0 Å². The molecule has 0 unspecified atom stereocenters. The molecule has 0 aliphatic rings. The molecule has 0 saturated carbocycles. The number of ether oxygens (including phenoxy) is 2. The van der Waals surface area contributed by atoms with E-state index >= 15 is 0 Å². The smallest absolute Gasteiger partial charge is 0.341 e. The molecule has 0 radical (unpaired) electrons. The minimum Gasteiger partial charge on any atom is -0.462 e. The van der Waals surface area contributed by atoms with Gasteiger partial charge in [-0.2, -0.15) is 0 Å². The Morgan fingerprint density at radius 1 is 0.800 bits per heavy atom. The maximum Gasteiger partial charge on any atom is 0.341 e. The van der Waals surface area contributed by atoms with Crippen LogP contribution >= 0.6 is 0 Å². The fourth-order valence-corrected chi connectivity index (χ4v) is 2.04. The van der Waals surface area contributed by atoms with Gasteiger partial charge in [-0.25, -0.2) is 9.59 Å². The van der Waals surface area contributed by atoms with Crippen molar-refractivity contribution >= 4 is 11.9 Å². The van der Waals surface area contributed by atoms with Crippen LogP contribution in [0.4, 0.5) is 0 Å². The zero-order chi connectivity index (χ0) is 18.0. The van der Waals surface area contributed by atoms with E-state index in [0.717, 1.165) is 44.9 Å². The van der Waals surface area contributed by atoms with E-state index in [0.29, 0.717) is 25.2 Å². The second-order valence-electron chi connectivity index (χ2n) is 5.94. The van der Waals surface area contributed by atoms with Crippen molar-refractivity contribution in [2.24, 2.45) is 0 Å². The molecule has 0 aliphatic heterocycles. The summed E-state index contributed by atoms with van der Waals surface area (Å²) in [4.78, 5) is 23.7. The fourth-order valence-electron chi connectivity index (χ4n) is 2.04. The number of unbranched alkanes of at least 4 members (excludes halogenated alkanes) is 6. The van der Waals surface area contributed by atoms with Crippen LogP contribution in [-0.4, -0.2) is 25.2 Å². The number of hydrogen-bond donors (Lipinski definition) is 0. The zero-order valence-electron chi connectivity index (χ0n) is 16.2. The summed E-state index contributed by atoms with van der Waals surface area (Å²) in [7, 11) is 0. The molecule has 0 aromatic heterocycles. The van der Waals surface area contributed by atoms with Gasteiger partial charge >= 0.3 is 11.9 Å². The molecule has 0 rings (SSSR count). The molecule has 0 aromatic carbocycles. The predicted molar refractivity (Wildman–Crippen MR) is 96.7 cm³/mol. The first kappa shape index (κ1) is 26.4. The van der Waals surface area contributed by atoms with Crippen LogP contribution in [0.2, 0.25) is 0 Å². The van der Waals surface area contributed by atoms with Gasteiger partial charge in [-0.15, -0.1) is 5.73 Å². The quantitative estimate of drug-likeness (QED) is 0.137. The van der Waals surface area contributed by atoms with Crippen molar-refractivity contribution in [1.29, 1.82) is 0 Å². The Balaban J connectivity index is 0. The van der Waals surface area contributed by atoms with Crippen molar-refractivity contribution in [1.82, 2.24) is 0 Å². The van der Waals surface area contributed by atoms with E-state index in [2.05, 4.69) is 12.7 Å². The topological polar surface area (TPSA) is 52.6 Å². The second-order valence-corrected chi connectivity index (χ2v) is 5.94. The van der Waals surface area contributed by atoms with Crippen molar-refractivity contribution in [2.45, 2.75) is 85.0 Å². The largest absolute Gasteiger partial charge is 0.462 e. The van der Waals surface area contributed by atoms with Crippen molar-refractivity contribution in [2.75, 3.05) is 13.2 Å². The Bertz CT molecular complexity index is 412. The third-order valence-corrected chi connectivity index (χ3v) is 3.61. The van der Waals surface area contributed by atoms with Gasteiger partial charge in [0.05, 0.1) is 24.9 Å². The average Bonchev–Trinajstić information content (AvgIpc) is 2.57. The minimum atomic E-state index is -0.451. The summed E-state index contributed by atoms with van der Waals surface area (Å²) in [6.07, 6.45) is 11.0. The Kier molecular flexibility index (Phi) is 20.6. The summed E-state index contributed by atoms with van der Waals surface area (Å²) in [5.74, 6) is -0.815. The molecule has 0 saturated heterocycles. The van der Waals surface area contributed by atoms with Gasteiger partial charge in [0, 0.05) is 21.7 Å². The van der Waals surface area contributed by atoms with E-state index < -0.39 is 5.97 Å². The van der Waals surface area contributed by atoms with Gasteiger partial charge in [0.2, 0.25) is 0 Å². The maximum absolute atomic E-state index is 12.1. The second kappa shape index (κ2) is 19.5. The Hall–Kier alpha value is -0.826. The van der Waals surface area contributed by atoms with Crippen LogP contribution in [0, 0.1) is 0 Å². The molecule has 0 atom stereocenters. The average molecular weight is 386 g/mol. The van der Waals surface area contributed by atoms with Gasteiger partial charge in [-0.3, -0.25) is 0 Å². The van der Waals surface area contributed by atoms with Crippen LogP contribution in [0.25, 0.3) is 0 Å². The third kappa shape index (κ3) is 16.4. The minimum absolute atomic E-state index is 0. The molecule has 5 heteroatoms. The Morgan fingerprint density at radius 2 is 1.36 bits per heavy atom. The number of hydrogen-bond acceptors (Lipinski definition) is 4. The van der Waals surface area contributed by atoms with Crippen LogP contribution in [0.5, 0.6) is 0 Å². The molecule has 0 N–H and O–H groups in total. The Morgan fingerprint density at radius 3 is 1.96 bits per heavy atom. The van der Waals surface area contributed by atoms with Gasteiger partial charge in [-0.1, -0.05) is 59.3 Å². The van der Waals surface area contributed by atoms with Crippen LogP contribution < -0.4 is 0 Å². The van der Waals surface area contributed by atoms with Gasteiger partial charge in [0.1, 0.15) is 0 Å². The van der Waals surface area contributed by atoms with E-state index in [-0.39, 0.29) is 27.7 Å². The van der Waals surface area contributed by atoms with Crippen molar-refractivity contribution in [3.05, 3.63) is 17.4 Å².